The molecule has 0 unspecified atom stereocenters. The molecule has 4 N–H and O–H groups in total. The number of fused-ring (bicyclic) bond motifs is 2. The fourth-order valence-corrected chi connectivity index (χ4v) is 3.44. The SMILES string of the molecule is Cc1ccc2c(Nc3ccc4[nH]ncc4c3)nc(-c3ccccc3C)nc2c1.O=C(O)C(F)(F)F.O=C(O)C(F)(F)F. The molecule has 5 rings (SSSR count). The summed E-state index contributed by atoms with van der Waals surface area (Å²) in [4.78, 5) is 27.5. The molecule has 0 bridgehead atoms. The Labute approximate surface area is 232 Å². The monoisotopic (exact) mass is 593 g/mol. The number of carboxylic acids is 2. The van der Waals surface area contributed by atoms with Gasteiger partial charge in [-0.1, -0.05) is 30.3 Å². The lowest BCUT2D eigenvalue weighted by atomic mass is 10.1. The Balaban J connectivity index is 0.000000289. The second-order valence-electron chi connectivity index (χ2n) is 8.63. The van der Waals surface area contributed by atoms with Gasteiger partial charge in [0.1, 0.15) is 5.82 Å². The molecule has 2 heterocycles. The van der Waals surface area contributed by atoms with E-state index < -0.39 is 24.3 Å². The molecular weight excluding hydrogens is 572 g/mol. The number of aromatic nitrogens is 4. The summed E-state index contributed by atoms with van der Waals surface area (Å²) in [6, 6.07) is 20.6. The van der Waals surface area contributed by atoms with Gasteiger partial charge in [-0.2, -0.15) is 31.4 Å². The average molecular weight is 593 g/mol. The smallest absolute Gasteiger partial charge is 0.475 e. The zero-order valence-corrected chi connectivity index (χ0v) is 21.7. The minimum atomic E-state index is -5.08. The lowest BCUT2D eigenvalue weighted by Crippen LogP contribution is -2.21. The van der Waals surface area contributed by atoms with Gasteiger partial charge in [-0.15, -0.1) is 0 Å². The molecule has 5 aromatic rings. The Kier molecular flexibility index (Phi) is 9.35. The van der Waals surface area contributed by atoms with Crippen LogP contribution in [0.1, 0.15) is 11.1 Å². The summed E-state index contributed by atoms with van der Waals surface area (Å²) in [5, 5.41) is 26.9. The van der Waals surface area contributed by atoms with E-state index in [0.717, 1.165) is 50.3 Å². The lowest BCUT2D eigenvalue weighted by molar-refractivity contribution is -0.193. The van der Waals surface area contributed by atoms with Crippen LogP contribution in [0.5, 0.6) is 0 Å². The molecule has 0 aliphatic carbocycles. The number of aliphatic carboxylic acids is 2. The summed E-state index contributed by atoms with van der Waals surface area (Å²) < 4.78 is 63.5. The molecule has 220 valence electrons. The first kappa shape index (κ1) is 31.3. The Bertz CT molecular complexity index is 1710. The van der Waals surface area contributed by atoms with Gasteiger partial charge < -0.3 is 15.5 Å². The topological polar surface area (TPSA) is 141 Å². The molecule has 0 aliphatic rings. The van der Waals surface area contributed by atoms with Crippen LogP contribution in [0.15, 0.2) is 66.9 Å². The van der Waals surface area contributed by atoms with Gasteiger partial charge in [0.2, 0.25) is 0 Å². The number of alkyl halides is 6. The molecule has 42 heavy (non-hydrogen) atoms. The fraction of sp³-hybridized carbons (Fsp3) is 0.148. The fourth-order valence-electron chi connectivity index (χ4n) is 3.44. The number of H-pyrrole nitrogens is 1. The quantitative estimate of drug-likeness (QED) is 0.167. The Morgan fingerprint density at radius 3 is 2.05 bits per heavy atom. The molecule has 0 aliphatic heterocycles. The molecule has 3 aromatic carbocycles. The van der Waals surface area contributed by atoms with E-state index in [1.54, 1.807) is 0 Å². The van der Waals surface area contributed by atoms with Crippen molar-refractivity contribution in [3.8, 4) is 11.4 Å². The van der Waals surface area contributed by atoms with Gasteiger partial charge in [-0.25, -0.2) is 19.6 Å². The normalized spacial score (nSPS) is 11.2. The number of aryl methyl sites for hydroxylation is 2. The summed E-state index contributed by atoms with van der Waals surface area (Å²) in [6.45, 7) is 4.16. The minimum Gasteiger partial charge on any atom is -0.475 e. The van der Waals surface area contributed by atoms with Gasteiger partial charge in [0.05, 0.1) is 17.2 Å². The molecule has 0 radical (unpaired) electrons. The van der Waals surface area contributed by atoms with Crippen molar-refractivity contribution in [3.05, 3.63) is 78.0 Å². The van der Waals surface area contributed by atoms with Crippen LogP contribution in [-0.4, -0.2) is 54.7 Å². The average Bonchev–Trinajstić information content (AvgIpc) is 3.36. The number of benzene rings is 3. The minimum absolute atomic E-state index is 0.725. The molecule has 2 aromatic heterocycles. The lowest BCUT2D eigenvalue weighted by Gasteiger charge is -2.13. The number of carboxylic acid groups (broad SMARTS) is 2. The third kappa shape index (κ3) is 8.16. The first-order chi connectivity index (χ1) is 19.6. The summed E-state index contributed by atoms with van der Waals surface area (Å²) >= 11 is 0. The van der Waals surface area contributed by atoms with Crippen molar-refractivity contribution in [3.63, 3.8) is 0 Å². The summed E-state index contributed by atoms with van der Waals surface area (Å²) in [5.41, 5.74) is 6.27. The number of nitrogens with one attached hydrogen (secondary N) is 2. The first-order valence-electron chi connectivity index (χ1n) is 11.7. The molecule has 0 atom stereocenters. The van der Waals surface area contributed by atoms with Crippen LogP contribution in [0.2, 0.25) is 0 Å². The molecule has 0 fully saturated rings. The molecule has 0 saturated carbocycles. The predicted octanol–water partition coefficient (Wildman–Crippen LogP) is 6.80. The Morgan fingerprint density at radius 1 is 0.833 bits per heavy atom. The maximum Gasteiger partial charge on any atom is 0.490 e. The van der Waals surface area contributed by atoms with Crippen LogP contribution in [0.25, 0.3) is 33.2 Å². The number of carbonyl (C=O) groups is 2. The highest BCUT2D eigenvalue weighted by molar-refractivity contribution is 5.93. The zero-order valence-electron chi connectivity index (χ0n) is 21.7. The standard InChI is InChI=1S/C23H19N5.2C2HF3O2/c1-14-7-9-19-21(11-14)26-22(18-6-4-3-5-15(18)2)27-23(19)25-17-8-10-20-16(12-17)13-24-28-20;2*3-2(4,5)1(6)7/h3-13H,1-2H3,(H,24,28)(H,25,26,27);2*(H,6,7). The van der Waals surface area contributed by atoms with Gasteiger partial charge in [-0.3, -0.25) is 5.10 Å². The molecule has 9 nitrogen and oxygen atoms in total. The van der Waals surface area contributed by atoms with E-state index in [2.05, 4.69) is 65.8 Å². The number of hydrogen-bond donors (Lipinski definition) is 4. The van der Waals surface area contributed by atoms with E-state index in [-0.39, 0.29) is 0 Å². The van der Waals surface area contributed by atoms with Gasteiger partial charge in [-0.05, 0) is 55.3 Å². The second-order valence-corrected chi connectivity index (χ2v) is 8.63. The van der Waals surface area contributed by atoms with E-state index in [1.807, 2.05) is 30.5 Å². The molecule has 0 saturated heterocycles. The van der Waals surface area contributed by atoms with Gasteiger partial charge in [0.15, 0.2) is 5.82 Å². The maximum atomic E-state index is 10.6. The van der Waals surface area contributed by atoms with E-state index >= 15 is 0 Å². The van der Waals surface area contributed by atoms with Gasteiger partial charge >= 0.3 is 24.3 Å². The van der Waals surface area contributed by atoms with E-state index in [1.165, 1.54) is 5.56 Å². The van der Waals surface area contributed by atoms with Gasteiger partial charge in [0, 0.05) is 22.0 Å². The second kappa shape index (κ2) is 12.5. The van der Waals surface area contributed by atoms with Gasteiger partial charge in [0.25, 0.3) is 0 Å². The van der Waals surface area contributed by atoms with Crippen molar-refractivity contribution in [2.75, 3.05) is 5.32 Å². The van der Waals surface area contributed by atoms with Crippen LogP contribution < -0.4 is 5.32 Å². The predicted molar refractivity (Wildman–Crippen MR) is 141 cm³/mol. The zero-order chi connectivity index (χ0) is 31.2. The van der Waals surface area contributed by atoms with Crippen LogP contribution in [0.4, 0.5) is 37.8 Å². The molecular formula is C27H21F6N5O4. The third-order valence-electron chi connectivity index (χ3n) is 5.43. The van der Waals surface area contributed by atoms with Crippen LogP contribution >= 0.6 is 0 Å². The van der Waals surface area contributed by atoms with Crippen molar-refractivity contribution in [2.24, 2.45) is 0 Å². The molecule has 0 spiro atoms. The number of halogens is 6. The molecule has 15 heteroatoms. The number of aromatic amines is 1. The third-order valence-corrected chi connectivity index (χ3v) is 5.43. The van der Waals surface area contributed by atoms with Crippen molar-refractivity contribution < 1.29 is 46.1 Å². The highest BCUT2D eigenvalue weighted by Crippen LogP contribution is 2.30. The van der Waals surface area contributed by atoms with Crippen molar-refractivity contribution in [1.82, 2.24) is 20.2 Å². The maximum absolute atomic E-state index is 10.6. The Morgan fingerprint density at radius 2 is 1.45 bits per heavy atom. The summed E-state index contributed by atoms with van der Waals surface area (Å²) in [6.07, 6.45) is -8.35. The number of anilines is 2. The van der Waals surface area contributed by atoms with Crippen molar-refractivity contribution >= 4 is 45.2 Å². The van der Waals surface area contributed by atoms with Crippen LogP contribution in [-0.2, 0) is 9.59 Å². The summed E-state index contributed by atoms with van der Waals surface area (Å²) in [7, 11) is 0. The summed E-state index contributed by atoms with van der Waals surface area (Å²) in [5.74, 6) is -3.99. The highest BCUT2D eigenvalue weighted by Gasteiger charge is 2.38. The van der Waals surface area contributed by atoms with E-state index in [4.69, 9.17) is 29.8 Å². The number of rotatable bonds is 3. The number of nitrogens with zero attached hydrogens (tertiary/aromatic N) is 3. The van der Waals surface area contributed by atoms with Crippen LogP contribution in [0, 0.1) is 13.8 Å². The molecule has 0 amide bonds. The Hall–Kier alpha value is -5.21. The largest absolute Gasteiger partial charge is 0.490 e. The number of hydrogen-bond acceptors (Lipinski definition) is 6. The van der Waals surface area contributed by atoms with Crippen molar-refractivity contribution in [2.45, 2.75) is 26.2 Å². The van der Waals surface area contributed by atoms with E-state index in [9.17, 15) is 26.3 Å². The van der Waals surface area contributed by atoms with E-state index in [0.29, 0.717) is 0 Å². The van der Waals surface area contributed by atoms with Crippen molar-refractivity contribution in [1.29, 1.82) is 0 Å². The highest BCUT2D eigenvalue weighted by atomic mass is 19.4. The first-order valence-corrected chi connectivity index (χ1v) is 11.7. The van der Waals surface area contributed by atoms with Crippen LogP contribution in [0.3, 0.4) is 0 Å².